The van der Waals surface area contributed by atoms with Crippen molar-refractivity contribution in [2.24, 2.45) is 5.92 Å². The molecule has 0 bridgehead atoms. The van der Waals surface area contributed by atoms with E-state index in [1.165, 1.54) is 11.3 Å². The first-order valence-corrected chi connectivity index (χ1v) is 7.40. The van der Waals surface area contributed by atoms with E-state index < -0.39 is 18.0 Å². The van der Waals surface area contributed by atoms with E-state index in [1.54, 1.807) is 0 Å². The van der Waals surface area contributed by atoms with Crippen molar-refractivity contribution in [3.63, 3.8) is 0 Å². The molecule has 20 heavy (non-hydrogen) atoms. The average Bonchev–Trinajstić information content (AvgIpc) is 2.67. The Morgan fingerprint density at radius 2 is 2.05 bits per heavy atom. The van der Waals surface area contributed by atoms with Crippen molar-refractivity contribution in [1.82, 2.24) is 10.3 Å². The zero-order valence-corrected chi connectivity index (χ0v) is 13.0. The van der Waals surface area contributed by atoms with E-state index in [9.17, 15) is 9.59 Å². The van der Waals surface area contributed by atoms with Gasteiger partial charge in [0.2, 0.25) is 0 Å². The number of amides is 2. The van der Waals surface area contributed by atoms with Gasteiger partial charge >= 0.3 is 12.0 Å². The number of urea groups is 1. The first-order valence-electron chi connectivity index (χ1n) is 6.59. The lowest BCUT2D eigenvalue weighted by Gasteiger charge is -2.20. The lowest BCUT2D eigenvalue weighted by molar-refractivity contribution is -0.137. The quantitative estimate of drug-likeness (QED) is 0.753. The van der Waals surface area contributed by atoms with Gasteiger partial charge in [-0.15, -0.1) is 11.3 Å². The topological polar surface area (TPSA) is 91.3 Å². The maximum atomic E-state index is 11.9. The average molecular weight is 299 g/mol. The first-order chi connectivity index (χ1) is 9.33. The predicted octanol–water partition coefficient (Wildman–Crippen LogP) is 2.63. The van der Waals surface area contributed by atoms with E-state index in [0.717, 1.165) is 17.0 Å². The third kappa shape index (κ3) is 4.80. The Bertz CT molecular complexity index is 485. The number of hydrogen-bond donors (Lipinski definition) is 3. The van der Waals surface area contributed by atoms with Crippen LogP contribution in [0.3, 0.4) is 0 Å². The first kappa shape index (κ1) is 16.4. The number of hydrogen-bond acceptors (Lipinski definition) is 4. The zero-order valence-electron chi connectivity index (χ0n) is 12.2. The minimum Gasteiger partial charge on any atom is -0.481 e. The molecule has 0 spiro atoms. The number of carbonyl (C=O) groups excluding carboxylic acids is 1. The number of aromatic nitrogens is 1. The fraction of sp³-hybridized carbons (Fsp3) is 0.615. The van der Waals surface area contributed by atoms with Crippen LogP contribution in [0.25, 0.3) is 0 Å². The highest BCUT2D eigenvalue weighted by Crippen LogP contribution is 2.22. The van der Waals surface area contributed by atoms with E-state index in [-0.39, 0.29) is 12.3 Å². The highest BCUT2D eigenvalue weighted by molar-refractivity contribution is 7.15. The number of anilines is 1. The molecule has 1 unspecified atom stereocenters. The van der Waals surface area contributed by atoms with E-state index in [1.807, 2.05) is 27.7 Å². The molecule has 0 aliphatic heterocycles. The number of thiazole rings is 1. The molecule has 0 saturated heterocycles. The van der Waals surface area contributed by atoms with Gasteiger partial charge < -0.3 is 10.4 Å². The van der Waals surface area contributed by atoms with Crippen molar-refractivity contribution in [3.05, 3.63) is 10.6 Å². The molecule has 1 rings (SSSR count). The van der Waals surface area contributed by atoms with Crippen molar-refractivity contribution in [3.8, 4) is 0 Å². The number of carbonyl (C=O) groups is 2. The van der Waals surface area contributed by atoms with Gasteiger partial charge in [0, 0.05) is 10.9 Å². The Kier molecular flexibility index (Phi) is 5.94. The lowest BCUT2D eigenvalue weighted by atomic mass is 10.0. The molecule has 1 aromatic heterocycles. The third-order valence-corrected chi connectivity index (χ3v) is 3.89. The molecule has 1 heterocycles. The number of nitrogens with one attached hydrogen (secondary N) is 2. The fourth-order valence-corrected chi connectivity index (χ4v) is 2.65. The number of carboxylic acids is 1. The van der Waals surface area contributed by atoms with Gasteiger partial charge in [-0.1, -0.05) is 20.8 Å². The summed E-state index contributed by atoms with van der Waals surface area (Å²) in [6.07, 6.45) is 0.724. The highest BCUT2D eigenvalue weighted by Gasteiger charge is 2.20. The number of rotatable bonds is 6. The van der Waals surface area contributed by atoms with Crippen LogP contribution in [0.15, 0.2) is 0 Å². The second kappa shape index (κ2) is 7.23. The van der Waals surface area contributed by atoms with Gasteiger partial charge in [0.05, 0.1) is 12.1 Å². The molecule has 0 fully saturated rings. The molecule has 2 amide bonds. The monoisotopic (exact) mass is 299 g/mol. The SMILES string of the molecule is CCc1nc(NC(=O)NC(CC(=O)O)C(C)C)sc1C. The second-order valence-electron chi connectivity index (χ2n) is 4.92. The van der Waals surface area contributed by atoms with E-state index in [4.69, 9.17) is 5.11 Å². The van der Waals surface area contributed by atoms with Crippen LogP contribution in [0.4, 0.5) is 9.93 Å². The van der Waals surface area contributed by atoms with Crippen LogP contribution in [-0.2, 0) is 11.2 Å². The molecule has 3 N–H and O–H groups in total. The molecular formula is C13H21N3O3S. The summed E-state index contributed by atoms with van der Waals surface area (Å²) in [7, 11) is 0. The smallest absolute Gasteiger partial charge is 0.321 e. The van der Waals surface area contributed by atoms with E-state index >= 15 is 0 Å². The molecule has 1 atom stereocenters. The van der Waals surface area contributed by atoms with E-state index in [0.29, 0.717) is 5.13 Å². The lowest BCUT2D eigenvalue weighted by Crippen LogP contribution is -2.42. The van der Waals surface area contributed by atoms with Gasteiger partial charge in [-0.25, -0.2) is 9.78 Å². The summed E-state index contributed by atoms with van der Waals surface area (Å²) < 4.78 is 0. The molecule has 7 heteroatoms. The van der Waals surface area contributed by atoms with Crippen LogP contribution < -0.4 is 10.6 Å². The summed E-state index contributed by atoms with van der Waals surface area (Å²) in [5, 5.41) is 14.7. The van der Waals surface area contributed by atoms with Crippen molar-refractivity contribution in [2.45, 2.75) is 46.6 Å². The van der Waals surface area contributed by atoms with Gasteiger partial charge in [0.15, 0.2) is 5.13 Å². The standard InChI is InChI=1S/C13H21N3O3S/c1-5-9-8(4)20-13(15-9)16-12(19)14-10(7(2)3)6-11(17)18/h7,10H,5-6H2,1-4H3,(H,17,18)(H2,14,15,16,19). The van der Waals surface area contributed by atoms with Gasteiger partial charge in [0.25, 0.3) is 0 Å². The Hall–Kier alpha value is -1.63. The van der Waals surface area contributed by atoms with Crippen LogP contribution in [0.1, 0.15) is 37.8 Å². The fourth-order valence-electron chi connectivity index (χ4n) is 1.75. The summed E-state index contributed by atoms with van der Waals surface area (Å²) in [4.78, 5) is 28.0. The van der Waals surface area contributed by atoms with Gasteiger partial charge in [-0.3, -0.25) is 10.1 Å². The molecule has 6 nitrogen and oxygen atoms in total. The van der Waals surface area contributed by atoms with Crippen molar-refractivity contribution in [1.29, 1.82) is 0 Å². The van der Waals surface area contributed by atoms with Gasteiger partial charge in [0.1, 0.15) is 0 Å². The number of carboxylic acid groups (broad SMARTS) is 1. The molecule has 0 aromatic carbocycles. The minimum absolute atomic E-state index is 0.0427. The molecule has 1 aromatic rings. The Balaban J connectivity index is 2.62. The molecule has 0 radical (unpaired) electrons. The van der Waals surface area contributed by atoms with Gasteiger partial charge in [-0.2, -0.15) is 0 Å². The number of aliphatic carboxylic acids is 1. The van der Waals surface area contributed by atoms with Gasteiger partial charge in [-0.05, 0) is 19.3 Å². The summed E-state index contributed by atoms with van der Waals surface area (Å²) in [6.45, 7) is 7.71. The molecular weight excluding hydrogens is 278 g/mol. The van der Waals surface area contributed by atoms with E-state index in [2.05, 4.69) is 15.6 Å². The molecule has 112 valence electrons. The van der Waals surface area contributed by atoms with Crippen LogP contribution >= 0.6 is 11.3 Å². The van der Waals surface area contributed by atoms with Crippen LogP contribution in [0.2, 0.25) is 0 Å². The number of nitrogens with zero attached hydrogens (tertiary/aromatic N) is 1. The summed E-state index contributed by atoms with van der Waals surface area (Å²) in [5.41, 5.74) is 0.969. The molecule has 0 aliphatic rings. The largest absolute Gasteiger partial charge is 0.481 e. The Morgan fingerprint density at radius 1 is 1.40 bits per heavy atom. The second-order valence-corrected chi connectivity index (χ2v) is 6.13. The third-order valence-electron chi connectivity index (χ3n) is 2.96. The van der Waals surface area contributed by atoms with Crippen molar-refractivity contribution < 1.29 is 14.7 Å². The summed E-state index contributed by atoms with van der Waals surface area (Å²) in [5.74, 6) is -0.886. The normalized spacial score (nSPS) is 12.2. The van der Waals surface area contributed by atoms with Crippen molar-refractivity contribution in [2.75, 3.05) is 5.32 Å². The molecule has 0 saturated carbocycles. The molecule has 0 aliphatic carbocycles. The van der Waals surface area contributed by atoms with Crippen LogP contribution in [0.5, 0.6) is 0 Å². The van der Waals surface area contributed by atoms with Crippen LogP contribution in [-0.4, -0.2) is 28.1 Å². The highest BCUT2D eigenvalue weighted by atomic mass is 32.1. The maximum Gasteiger partial charge on any atom is 0.321 e. The Labute approximate surface area is 122 Å². The van der Waals surface area contributed by atoms with Crippen molar-refractivity contribution >= 4 is 28.5 Å². The summed E-state index contributed by atoms with van der Waals surface area (Å²) >= 11 is 1.42. The minimum atomic E-state index is -0.928. The number of aryl methyl sites for hydroxylation is 2. The van der Waals surface area contributed by atoms with Crippen LogP contribution in [0, 0.1) is 12.8 Å². The summed E-state index contributed by atoms with van der Waals surface area (Å²) in [6, 6.07) is -0.819. The maximum absolute atomic E-state index is 11.9. The predicted molar refractivity (Wildman–Crippen MR) is 79.3 cm³/mol. The Morgan fingerprint density at radius 3 is 2.50 bits per heavy atom. The zero-order chi connectivity index (χ0) is 15.3.